The summed E-state index contributed by atoms with van der Waals surface area (Å²) in [4.78, 5) is 12.8. The molecule has 4 aromatic carbocycles. The summed E-state index contributed by atoms with van der Waals surface area (Å²) in [6.07, 6.45) is -0.776. The van der Waals surface area contributed by atoms with Gasteiger partial charge in [0.05, 0.1) is 0 Å². The molecular formula is C27H23ClNO5P. The summed E-state index contributed by atoms with van der Waals surface area (Å²) in [5, 5.41) is 3.17. The van der Waals surface area contributed by atoms with Crippen molar-refractivity contribution < 1.29 is 23.1 Å². The second kappa shape index (κ2) is 11.6. The molecule has 4 rings (SSSR count). The Balaban J connectivity index is 1.66. The summed E-state index contributed by atoms with van der Waals surface area (Å²) in [5.74, 6) is -0.543. The number of hydrogen-bond acceptors (Lipinski definition) is 5. The minimum atomic E-state index is -4.11. The van der Waals surface area contributed by atoms with Crippen LogP contribution in [0.15, 0.2) is 115 Å². The molecule has 35 heavy (non-hydrogen) atoms. The largest absolute Gasteiger partial charge is 0.457 e. The van der Waals surface area contributed by atoms with Gasteiger partial charge in [-0.15, -0.1) is 0 Å². The molecule has 0 aliphatic rings. The van der Waals surface area contributed by atoms with Gasteiger partial charge in [-0.3, -0.25) is 0 Å². The van der Waals surface area contributed by atoms with Crippen LogP contribution in [0.25, 0.3) is 0 Å². The quantitative estimate of drug-likeness (QED) is 0.236. The van der Waals surface area contributed by atoms with Gasteiger partial charge in [0.2, 0.25) is 0 Å². The third-order valence-electron chi connectivity index (χ3n) is 4.92. The van der Waals surface area contributed by atoms with E-state index in [-0.39, 0.29) is 6.61 Å². The van der Waals surface area contributed by atoms with Crippen molar-refractivity contribution in [3.8, 4) is 11.5 Å². The molecule has 0 spiro atoms. The zero-order chi connectivity index (χ0) is 24.5. The molecule has 1 atom stereocenters. The lowest BCUT2D eigenvalue weighted by Crippen LogP contribution is -2.31. The Morgan fingerprint density at radius 1 is 0.743 bits per heavy atom. The van der Waals surface area contributed by atoms with Crippen molar-refractivity contribution in [2.24, 2.45) is 0 Å². The van der Waals surface area contributed by atoms with E-state index in [9.17, 15) is 9.36 Å². The summed E-state index contributed by atoms with van der Waals surface area (Å²) in [5.41, 5.74) is 1.29. The van der Waals surface area contributed by atoms with E-state index >= 15 is 0 Å². The van der Waals surface area contributed by atoms with Crippen LogP contribution in [-0.4, -0.2) is 6.09 Å². The van der Waals surface area contributed by atoms with E-state index in [1.54, 1.807) is 72.8 Å². The van der Waals surface area contributed by atoms with Crippen molar-refractivity contribution >= 4 is 25.3 Å². The highest BCUT2D eigenvalue weighted by atomic mass is 35.5. The van der Waals surface area contributed by atoms with E-state index < -0.39 is 19.5 Å². The topological polar surface area (TPSA) is 73.9 Å². The summed E-state index contributed by atoms with van der Waals surface area (Å²) in [6.45, 7) is 0.0450. The van der Waals surface area contributed by atoms with Gasteiger partial charge in [0.15, 0.2) is 5.78 Å². The normalized spacial score (nSPS) is 11.8. The van der Waals surface area contributed by atoms with Gasteiger partial charge in [-0.05, 0) is 47.5 Å². The summed E-state index contributed by atoms with van der Waals surface area (Å²) >= 11 is 6.07. The van der Waals surface area contributed by atoms with E-state index in [4.69, 9.17) is 25.4 Å². The first-order valence-electron chi connectivity index (χ1n) is 10.8. The monoisotopic (exact) mass is 507 g/mol. The molecule has 0 aliphatic carbocycles. The number of rotatable bonds is 9. The molecule has 0 bridgehead atoms. The number of ether oxygens (including phenoxy) is 1. The van der Waals surface area contributed by atoms with Crippen molar-refractivity contribution in [1.82, 2.24) is 5.32 Å². The number of benzene rings is 4. The van der Waals surface area contributed by atoms with Gasteiger partial charge < -0.3 is 19.1 Å². The molecule has 0 saturated carbocycles. The van der Waals surface area contributed by atoms with E-state index in [1.165, 1.54) is 0 Å². The lowest BCUT2D eigenvalue weighted by atomic mass is 10.2. The van der Waals surface area contributed by atoms with Gasteiger partial charge in [-0.25, -0.2) is 9.36 Å². The van der Waals surface area contributed by atoms with Crippen molar-refractivity contribution in [1.29, 1.82) is 0 Å². The third kappa shape index (κ3) is 6.89. The first kappa shape index (κ1) is 24.4. The zero-order valence-electron chi connectivity index (χ0n) is 18.6. The van der Waals surface area contributed by atoms with E-state index in [0.29, 0.717) is 22.1 Å². The van der Waals surface area contributed by atoms with Crippen molar-refractivity contribution in [2.75, 3.05) is 0 Å². The summed E-state index contributed by atoms with van der Waals surface area (Å²) < 4.78 is 31.7. The third-order valence-corrected chi connectivity index (χ3v) is 7.16. The van der Waals surface area contributed by atoms with Crippen molar-refractivity contribution in [3.63, 3.8) is 0 Å². The van der Waals surface area contributed by atoms with Gasteiger partial charge in [0, 0.05) is 5.02 Å². The number of amides is 1. The lowest BCUT2D eigenvalue weighted by Gasteiger charge is -2.28. The highest BCUT2D eigenvalue weighted by Gasteiger charge is 2.42. The minimum Gasteiger partial charge on any atom is -0.445 e. The van der Waals surface area contributed by atoms with Crippen molar-refractivity contribution in [2.45, 2.75) is 12.4 Å². The first-order valence-corrected chi connectivity index (χ1v) is 12.8. The highest BCUT2D eigenvalue weighted by Crippen LogP contribution is 2.59. The van der Waals surface area contributed by atoms with Crippen LogP contribution in [0, 0.1) is 0 Å². The van der Waals surface area contributed by atoms with Crippen LogP contribution in [0.2, 0.25) is 5.02 Å². The van der Waals surface area contributed by atoms with E-state index in [1.807, 2.05) is 42.5 Å². The number of carbonyl (C=O) groups excluding carboxylic acids is 1. The Morgan fingerprint density at radius 3 is 1.74 bits per heavy atom. The van der Waals surface area contributed by atoms with Crippen molar-refractivity contribution in [3.05, 3.63) is 131 Å². The molecule has 0 unspecified atom stereocenters. The Morgan fingerprint density at radius 2 is 1.23 bits per heavy atom. The Labute approximate surface area is 209 Å². The number of para-hydroxylation sites is 2. The van der Waals surface area contributed by atoms with E-state index in [0.717, 1.165) is 5.56 Å². The fourth-order valence-corrected chi connectivity index (χ4v) is 5.25. The maximum absolute atomic E-state index is 14.4. The second-order valence-corrected chi connectivity index (χ2v) is 9.91. The Bertz CT molecular complexity index is 1230. The lowest BCUT2D eigenvalue weighted by molar-refractivity contribution is 0.137. The smallest absolute Gasteiger partial charge is 0.445 e. The molecule has 0 heterocycles. The van der Waals surface area contributed by atoms with Crippen LogP contribution in [0.4, 0.5) is 4.79 Å². The van der Waals surface area contributed by atoms with Gasteiger partial charge in [-0.1, -0.05) is 90.5 Å². The van der Waals surface area contributed by atoms with Crippen LogP contribution in [0.5, 0.6) is 11.5 Å². The number of nitrogens with one attached hydrogen (secondary N) is 1. The van der Waals surface area contributed by atoms with Gasteiger partial charge in [-0.2, -0.15) is 0 Å². The van der Waals surface area contributed by atoms with Gasteiger partial charge in [0.25, 0.3) is 0 Å². The Hall–Kier alpha value is -3.73. The first-order chi connectivity index (χ1) is 17.0. The molecule has 1 amide bonds. The number of carbonyl (C=O) groups is 1. The molecule has 0 radical (unpaired) electrons. The molecule has 0 aliphatic heterocycles. The maximum atomic E-state index is 14.4. The summed E-state index contributed by atoms with van der Waals surface area (Å²) in [6, 6.07) is 33.1. The molecule has 4 aromatic rings. The van der Waals surface area contributed by atoms with Crippen LogP contribution < -0.4 is 14.4 Å². The fourth-order valence-electron chi connectivity index (χ4n) is 3.25. The van der Waals surface area contributed by atoms with Crippen LogP contribution in [0.3, 0.4) is 0 Å². The highest BCUT2D eigenvalue weighted by molar-refractivity contribution is 7.55. The number of hydrogen-bond donors (Lipinski definition) is 1. The molecule has 0 saturated heterocycles. The van der Waals surface area contributed by atoms with Gasteiger partial charge in [0.1, 0.15) is 18.1 Å². The zero-order valence-corrected chi connectivity index (χ0v) is 20.3. The second-order valence-electron chi connectivity index (χ2n) is 7.51. The van der Waals surface area contributed by atoms with Crippen LogP contribution >= 0.6 is 19.2 Å². The predicted octanol–water partition coefficient (Wildman–Crippen LogP) is 7.62. The average molecular weight is 508 g/mol. The average Bonchev–Trinajstić information content (AvgIpc) is 2.88. The molecule has 1 N–H and O–H groups in total. The van der Waals surface area contributed by atoms with Crippen LogP contribution in [0.1, 0.15) is 16.9 Å². The molecule has 0 fully saturated rings. The number of halogens is 1. The molecule has 178 valence electrons. The van der Waals surface area contributed by atoms with Gasteiger partial charge >= 0.3 is 13.7 Å². The molecule has 6 nitrogen and oxygen atoms in total. The molecule has 0 aromatic heterocycles. The SMILES string of the molecule is O=C(N[C@@H](c1ccc(Cl)cc1)P(=O)(Oc1ccccc1)Oc1ccccc1)OCc1ccccc1. The fraction of sp³-hybridized carbons (Fsp3) is 0.0741. The van der Waals surface area contributed by atoms with E-state index in [2.05, 4.69) is 5.32 Å². The molecular weight excluding hydrogens is 485 g/mol. The number of alkyl carbamates (subject to hydrolysis) is 1. The maximum Gasteiger partial charge on any atom is 0.457 e. The molecule has 8 heteroatoms. The van der Waals surface area contributed by atoms with Crippen LogP contribution in [-0.2, 0) is 15.9 Å². The Kier molecular flexibility index (Phi) is 8.09. The predicted molar refractivity (Wildman–Crippen MR) is 136 cm³/mol. The summed E-state index contributed by atoms with van der Waals surface area (Å²) in [7, 11) is -4.11. The standard InChI is InChI=1S/C27H23ClNO5P/c28-23-18-16-22(17-19-23)26(29-27(30)32-20-21-10-4-1-5-11-21)35(31,33-24-12-6-2-7-13-24)34-25-14-8-3-9-15-25/h1-19,26H,20H2,(H,29,30)/t26-/m1/s1. The minimum absolute atomic E-state index is 0.0450.